The van der Waals surface area contributed by atoms with E-state index in [0.29, 0.717) is 6.04 Å². The number of aromatic nitrogens is 1. The van der Waals surface area contributed by atoms with Crippen LogP contribution in [0, 0.1) is 0 Å². The molecule has 0 unspecified atom stereocenters. The quantitative estimate of drug-likeness (QED) is 0.626. The molecule has 64 valence electrons. The maximum absolute atomic E-state index is 3.99. The van der Waals surface area contributed by atoms with Crippen molar-refractivity contribution in [3.63, 3.8) is 0 Å². The van der Waals surface area contributed by atoms with Gasteiger partial charge in [-0.05, 0) is 17.7 Å². The maximum Gasteiger partial charge on any atom is 0.0448 e. The van der Waals surface area contributed by atoms with E-state index in [9.17, 15) is 0 Å². The fourth-order valence-corrected chi connectivity index (χ4v) is 1.48. The molecule has 1 atom stereocenters. The minimum absolute atomic E-state index is 0.460. The summed E-state index contributed by atoms with van der Waals surface area (Å²) in [4.78, 5) is 3.99. The standard InChI is InChI=1S/C9H13N3/c1-3-10-4-2-8(1)9-7-11-5-6-12-9/h1-4,9,11-12H,5-7H2/t9-/m1/s1. The van der Waals surface area contributed by atoms with E-state index in [1.165, 1.54) is 5.56 Å². The second-order valence-corrected chi connectivity index (χ2v) is 2.99. The summed E-state index contributed by atoms with van der Waals surface area (Å²) in [6, 6.07) is 4.58. The van der Waals surface area contributed by atoms with Crippen molar-refractivity contribution in [2.45, 2.75) is 6.04 Å². The molecule has 0 amide bonds. The van der Waals surface area contributed by atoms with Crippen LogP contribution in [-0.2, 0) is 0 Å². The van der Waals surface area contributed by atoms with Gasteiger partial charge >= 0.3 is 0 Å². The van der Waals surface area contributed by atoms with Gasteiger partial charge in [-0.15, -0.1) is 0 Å². The summed E-state index contributed by atoms with van der Waals surface area (Å²) in [5.74, 6) is 0. The van der Waals surface area contributed by atoms with Crippen molar-refractivity contribution in [2.24, 2.45) is 0 Å². The normalized spacial score (nSPS) is 23.8. The molecule has 3 heteroatoms. The predicted octanol–water partition coefficient (Wildman–Crippen LogP) is 0.315. The highest BCUT2D eigenvalue weighted by Crippen LogP contribution is 2.11. The van der Waals surface area contributed by atoms with Crippen molar-refractivity contribution in [3.8, 4) is 0 Å². The first kappa shape index (κ1) is 7.71. The van der Waals surface area contributed by atoms with Crippen LogP contribution in [0.15, 0.2) is 24.5 Å². The molecule has 0 aliphatic carbocycles. The third kappa shape index (κ3) is 1.62. The predicted molar refractivity (Wildman–Crippen MR) is 47.9 cm³/mol. The molecule has 1 aliphatic heterocycles. The first-order chi connectivity index (χ1) is 5.97. The van der Waals surface area contributed by atoms with Crippen LogP contribution in [0.3, 0.4) is 0 Å². The molecular weight excluding hydrogens is 150 g/mol. The molecule has 2 heterocycles. The molecule has 1 aromatic heterocycles. The number of piperazine rings is 1. The molecule has 12 heavy (non-hydrogen) atoms. The summed E-state index contributed by atoms with van der Waals surface area (Å²) in [7, 11) is 0. The molecule has 1 fully saturated rings. The largest absolute Gasteiger partial charge is 0.314 e. The Morgan fingerprint density at radius 2 is 2.08 bits per heavy atom. The molecule has 0 saturated carbocycles. The lowest BCUT2D eigenvalue weighted by molar-refractivity contribution is 0.430. The minimum atomic E-state index is 0.460. The van der Waals surface area contributed by atoms with Gasteiger partial charge in [0.1, 0.15) is 0 Å². The second kappa shape index (κ2) is 3.65. The highest BCUT2D eigenvalue weighted by molar-refractivity contribution is 5.15. The van der Waals surface area contributed by atoms with E-state index in [1.807, 2.05) is 12.4 Å². The fourth-order valence-electron chi connectivity index (χ4n) is 1.48. The van der Waals surface area contributed by atoms with Crippen molar-refractivity contribution >= 4 is 0 Å². The average molecular weight is 163 g/mol. The molecular formula is C9H13N3. The summed E-state index contributed by atoms with van der Waals surface area (Å²) < 4.78 is 0. The number of nitrogens with one attached hydrogen (secondary N) is 2. The summed E-state index contributed by atoms with van der Waals surface area (Å²) >= 11 is 0. The highest BCUT2D eigenvalue weighted by atomic mass is 15.1. The van der Waals surface area contributed by atoms with Crippen molar-refractivity contribution in [1.82, 2.24) is 15.6 Å². The zero-order valence-corrected chi connectivity index (χ0v) is 6.96. The highest BCUT2D eigenvalue weighted by Gasteiger charge is 2.12. The van der Waals surface area contributed by atoms with E-state index in [1.54, 1.807) is 0 Å². The summed E-state index contributed by atoms with van der Waals surface area (Å²) in [6.07, 6.45) is 3.68. The summed E-state index contributed by atoms with van der Waals surface area (Å²) in [5.41, 5.74) is 1.32. The lowest BCUT2D eigenvalue weighted by atomic mass is 10.1. The van der Waals surface area contributed by atoms with Crippen LogP contribution in [-0.4, -0.2) is 24.6 Å². The van der Waals surface area contributed by atoms with Gasteiger partial charge in [-0.1, -0.05) is 0 Å². The number of nitrogens with zero attached hydrogens (tertiary/aromatic N) is 1. The molecule has 3 nitrogen and oxygen atoms in total. The Labute approximate surface area is 72.2 Å². The summed E-state index contributed by atoms with van der Waals surface area (Å²) in [6.45, 7) is 3.14. The van der Waals surface area contributed by atoms with Gasteiger partial charge in [-0.2, -0.15) is 0 Å². The Kier molecular flexibility index (Phi) is 2.34. The monoisotopic (exact) mass is 163 g/mol. The van der Waals surface area contributed by atoms with Crippen LogP contribution in [0.1, 0.15) is 11.6 Å². The third-order valence-electron chi connectivity index (χ3n) is 2.15. The van der Waals surface area contributed by atoms with Gasteiger partial charge in [0.2, 0.25) is 0 Å². The Morgan fingerprint density at radius 3 is 2.75 bits per heavy atom. The molecule has 1 aromatic rings. The van der Waals surface area contributed by atoms with Gasteiger partial charge in [0.05, 0.1) is 0 Å². The molecule has 0 radical (unpaired) electrons. The van der Waals surface area contributed by atoms with Gasteiger partial charge in [-0.25, -0.2) is 0 Å². The molecule has 2 rings (SSSR count). The lowest BCUT2D eigenvalue weighted by Gasteiger charge is -2.24. The van der Waals surface area contributed by atoms with Gasteiger partial charge in [0, 0.05) is 38.1 Å². The number of rotatable bonds is 1. The molecule has 0 spiro atoms. The third-order valence-corrected chi connectivity index (χ3v) is 2.15. The SMILES string of the molecule is c1cc([C@H]2CNCCN2)ccn1. The second-order valence-electron chi connectivity index (χ2n) is 2.99. The van der Waals surface area contributed by atoms with E-state index in [0.717, 1.165) is 19.6 Å². The van der Waals surface area contributed by atoms with E-state index >= 15 is 0 Å². The molecule has 1 saturated heterocycles. The Hall–Kier alpha value is -0.930. The van der Waals surface area contributed by atoms with E-state index in [-0.39, 0.29) is 0 Å². The van der Waals surface area contributed by atoms with Crippen LogP contribution in [0.4, 0.5) is 0 Å². The Balaban J connectivity index is 2.08. The van der Waals surface area contributed by atoms with Gasteiger partial charge in [-0.3, -0.25) is 4.98 Å². The first-order valence-electron chi connectivity index (χ1n) is 4.31. The zero-order chi connectivity index (χ0) is 8.23. The first-order valence-corrected chi connectivity index (χ1v) is 4.31. The van der Waals surface area contributed by atoms with Gasteiger partial charge < -0.3 is 10.6 Å². The van der Waals surface area contributed by atoms with E-state index < -0.39 is 0 Å². The molecule has 1 aliphatic rings. The maximum atomic E-state index is 3.99. The topological polar surface area (TPSA) is 37.0 Å². The van der Waals surface area contributed by atoms with E-state index in [4.69, 9.17) is 0 Å². The average Bonchev–Trinajstić information content (AvgIpc) is 2.21. The van der Waals surface area contributed by atoms with Crippen molar-refractivity contribution in [1.29, 1.82) is 0 Å². The minimum Gasteiger partial charge on any atom is -0.314 e. The Bertz CT molecular complexity index is 229. The van der Waals surface area contributed by atoms with Crippen LogP contribution in [0.2, 0.25) is 0 Å². The van der Waals surface area contributed by atoms with Crippen molar-refractivity contribution in [3.05, 3.63) is 30.1 Å². The number of pyridine rings is 1. The Morgan fingerprint density at radius 1 is 1.25 bits per heavy atom. The smallest absolute Gasteiger partial charge is 0.0448 e. The lowest BCUT2D eigenvalue weighted by Crippen LogP contribution is -2.42. The van der Waals surface area contributed by atoms with Crippen LogP contribution in [0.5, 0.6) is 0 Å². The number of hydrogen-bond acceptors (Lipinski definition) is 3. The van der Waals surface area contributed by atoms with Crippen LogP contribution < -0.4 is 10.6 Å². The molecule has 0 bridgehead atoms. The van der Waals surface area contributed by atoms with Crippen molar-refractivity contribution < 1.29 is 0 Å². The fraction of sp³-hybridized carbons (Fsp3) is 0.444. The van der Waals surface area contributed by atoms with Gasteiger partial charge in [0.25, 0.3) is 0 Å². The zero-order valence-electron chi connectivity index (χ0n) is 6.96. The summed E-state index contributed by atoms with van der Waals surface area (Å²) in [5, 5.41) is 6.80. The molecule has 0 aromatic carbocycles. The van der Waals surface area contributed by atoms with E-state index in [2.05, 4.69) is 27.8 Å². The molecule has 2 N–H and O–H groups in total. The van der Waals surface area contributed by atoms with Crippen LogP contribution >= 0.6 is 0 Å². The van der Waals surface area contributed by atoms with Crippen LogP contribution in [0.25, 0.3) is 0 Å². The number of hydrogen-bond donors (Lipinski definition) is 2. The van der Waals surface area contributed by atoms with Gasteiger partial charge in [0.15, 0.2) is 0 Å². The van der Waals surface area contributed by atoms with Crippen molar-refractivity contribution in [2.75, 3.05) is 19.6 Å².